The number of piperidine rings is 1. The summed E-state index contributed by atoms with van der Waals surface area (Å²) in [6.45, 7) is 4.54. The molecule has 41 heavy (non-hydrogen) atoms. The summed E-state index contributed by atoms with van der Waals surface area (Å²) in [4.78, 5) is 23.5. The van der Waals surface area contributed by atoms with Crippen LogP contribution in [0.15, 0.2) is 30.3 Å². The van der Waals surface area contributed by atoms with Crippen molar-refractivity contribution >= 4 is 21.9 Å². The number of carbonyl (C=O) groups excluding carboxylic acids is 1. The van der Waals surface area contributed by atoms with Crippen LogP contribution < -0.4 is 14.2 Å². The van der Waals surface area contributed by atoms with Gasteiger partial charge in [0.25, 0.3) is 5.91 Å². The summed E-state index contributed by atoms with van der Waals surface area (Å²) in [5, 5.41) is 7.12. The van der Waals surface area contributed by atoms with Crippen LogP contribution in [0.5, 0.6) is 11.5 Å². The van der Waals surface area contributed by atoms with Crippen molar-refractivity contribution in [1.29, 1.82) is 0 Å². The molecule has 2 N–H and O–H groups in total. The molecule has 9 nitrogen and oxygen atoms in total. The number of hydrogen-bond donors (Lipinski definition) is 2. The van der Waals surface area contributed by atoms with Gasteiger partial charge in [-0.3, -0.25) is 9.69 Å². The highest BCUT2D eigenvalue weighted by Gasteiger charge is 2.38. The Balaban J connectivity index is 0.000000587. The average molecular weight is 605 g/mol. The third-order valence-corrected chi connectivity index (χ3v) is 7.14. The first-order valence-corrected chi connectivity index (χ1v) is 14.6. The van der Waals surface area contributed by atoms with Crippen LogP contribution in [-0.2, 0) is 21.4 Å². The molecule has 1 amide bonds. The quantitative estimate of drug-likeness (QED) is 0.426. The van der Waals surface area contributed by atoms with Crippen molar-refractivity contribution in [2.75, 3.05) is 26.5 Å². The second-order valence-corrected chi connectivity index (χ2v) is 11.8. The fourth-order valence-electron chi connectivity index (χ4n) is 4.43. The molecule has 14 heteroatoms. The van der Waals surface area contributed by atoms with Crippen molar-refractivity contribution in [3.63, 3.8) is 0 Å². The Labute approximate surface area is 235 Å². The number of methoxy groups -OCH3 is 1. The third-order valence-electron chi connectivity index (χ3n) is 6.58. The highest BCUT2D eigenvalue weighted by atomic mass is 32.2. The summed E-state index contributed by atoms with van der Waals surface area (Å²) in [5.74, 6) is -3.03. The Morgan fingerprint density at radius 3 is 2.34 bits per heavy atom. The number of nitrogens with one attached hydrogen (secondary N) is 1. The van der Waals surface area contributed by atoms with E-state index in [4.69, 9.17) is 19.4 Å². The van der Waals surface area contributed by atoms with Crippen LogP contribution in [0.2, 0.25) is 0 Å². The molecule has 0 aromatic heterocycles. The number of likely N-dealkylation sites (tertiary alicyclic amines) is 1. The van der Waals surface area contributed by atoms with E-state index in [1.807, 2.05) is 16.9 Å². The molecule has 1 saturated carbocycles. The molecule has 0 radical (unpaired) electrons. The van der Waals surface area contributed by atoms with Crippen molar-refractivity contribution in [2.24, 2.45) is 0 Å². The summed E-state index contributed by atoms with van der Waals surface area (Å²) in [6.07, 6.45) is -0.619. The van der Waals surface area contributed by atoms with Crippen molar-refractivity contribution in [3.8, 4) is 11.5 Å². The van der Waals surface area contributed by atoms with Gasteiger partial charge in [0.1, 0.15) is 23.4 Å². The van der Waals surface area contributed by atoms with Gasteiger partial charge in [-0.15, -0.1) is 0 Å². The maximum absolute atomic E-state index is 14.8. The van der Waals surface area contributed by atoms with Gasteiger partial charge in [-0.25, -0.2) is 22.3 Å². The normalized spacial score (nSPS) is 17.7. The number of aryl methyl sites for hydroxylation is 1. The number of amides is 1. The topological polar surface area (TPSA) is 122 Å². The lowest BCUT2D eigenvalue weighted by atomic mass is 10.0. The lowest BCUT2D eigenvalue weighted by Gasteiger charge is -2.33. The third kappa shape index (κ3) is 9.59. The summed E-state index contributed by atoms with van der Waals surface area (Å²) < 4.78 is 82.8. The van der Waals surface area contributed by atoms with Crippen molar-refractivity contribution in [1.82, 2.24) is 9.62 Å². The van der Waals surface area contributed by atoms with Crippen LogP contribution in [-0.4, -0.2) is 69.0 Å². The molecule has 0 spiro atoms. The van der Waals surface area contributed by atoms with Crippen molar-refractivity contribution in [2.45, 2.75) is 57.3 Å². The molecular formula is C27H32F4N2O7S. The second-order valence-electron chi connectivity index (χ2n) is 10.1. The zero-order valence-corrected chi connectivity index (χ0v) is 23.6. The van der Waals surface area contributed by atoms with Gasteiger partial charge < -0.3 is 14.6 Å². The van der Waals surface area contributed by atoms with E-state index in [0.717, 1.165) is 56.3 Å². The van der Waals surface area contributed by atoms with Gasteiger partial charge in [0.2, 0.25) is 10.0 Å². The van der Waals surface area contributed by atoms with Gasteiger partial charge in [0.15, 0.2) is 0 Å². The first-order valence-electron chi connectivity index (χ1n) is 12.8. The van der Waals surface area contributed by atoms with Gasteiger partial charge in [0.05, 0.1) is 18.9 Å². The van der Waals surface area contributed by atoms with E-state index in [-0.39, 0.29) is 17.6 Å². The number of nitrogens with zero attached hydrogens (tertiary/aromatic N) is 1. The number of carboxylic acid groups (broad SMARTS) is 1. The molecular weight excluding hydrogens is 572 g/mol. The number of benzene rings is 2. The average Bonchev–Trinajstić information content (AvgIpc) is 3.70. The molecule has 1 unspecified atom stereocenters. The molecule has 1 heterocycles. The molecule has 2 aromatic rings. The molecule has 2 aliphatic rings. The summed E-state index contributed by atoms with van der Waals surface area (Å²) in [6, 6.07) is 8.76. The van der Waals surface area contributed by atoms with E-state index in [1.54, 1.807) is 7.11 Å². The number of sulfonamides is 1. The van der Waals surface area contributed by atoms with Gasteiger partial charge in [-0.05, 0) is 80.0 Å². The van der Waals surface area contributed by atoms with Crippen LogP contribution in [0.1, 0.15) is 58.6 Å². The first-order chi connectivity index (χ1) is 19.1. The van der Waals surface area contributed by atoms with Crippen LogP contribution >= 0.6 is 0 Å². The Hall–Kier alpha value is -3.39. The number of ether oxygens (including phenoxy) is 2. The smallest absolute Gasteiger partial charge is 0.490 e. The van der Waals surface area contributed by atoms with E-state index in [1.165, 1.54) is 23.3 Å². The van der Waals surface area contributed by atoms with Gasteiger partial charge in [0, 0.05) is 19.2 Å². The minimum atomic E-state index is -5.08. The molecule has 2 fully saturated rings. The van der Waals surface area contributed by atoms with Gasteiger partial charge >= 0.3 is 12.1 Å². The minimum Gasteiger partial charge on any atom is -0.497 e. The van der Waals surface area contributed by atoms with E-state index in [2.05, 4.69) is 17.9 Å². The monoisotopic (exact) mass is 604 g/mol. The van der Waals surface area contributed by atoms with E-state index >= 15 is 0 Å². The van der Waals surface area contributed by atoms with Crippen molar-refractivity contribution < 1.29 is 50.1 Å². The zero-order valence-electron chi connectivity index (χ0n) is 22.8. The zero-order chi connectivity index (χ0) is 30.5. The Morgan fingerprint density at radius 2 is 1.80 bits per heavy atom. The first kappa shape index (κ1) is 32.1. The summed E-state index contributed by atoms with van der Waals surface area (Å²) in [5.41, 5.74) is 2.89. The molecule has 2 aromatic carbocycles. The van der Waals surface area contributed by atoms with Gasteiger partial charge in [-0.2, -0.15) is 13.2 Å². The predicted molar refractivity (Wildman–Crippen MR) is 141 cm³/mol. The summed E-state index contributed by atoms with van der Waals surface area (Å²) >= 11 is 0. The summed E-state index contributed by atoms with van der Waals surface area (Å²) in [7, 11) is -2.13. The molecule has 0 bridgehead atoms. The second kappa shape index (κ2) is 13.1. The molecule has 4 rings (SSSR count). The lowest BCUT2D eigenvalue weighted by molar-refractivity contribution is -0.192. The molecule has 1 aliphatic heterocycles. The molecule has 226 valence electrons. The SMILES string of the molecule is COc1ccc(CN2CCCC(Oc3cc(F)c(C(=O)NS(C)(=O)=O)cc3C3CC3)C2)c(C)c1.O=C(O)C(F)(F)F. The van der Waals surface area contributed by atoms with E-state index in [0.29, 0.717) is 12.3 Å². The number of rotatable bonds is 8. The number of alkyl halides is 3. The number of aliphatic carboxylic acids is 1. The number of halogens is 4. The lowest BCUT2D eigenvalue weighted by Crippen LogP contribution is -2.40. The van der Waals surface area contributed by atoms with Gasteiger partial charge in [-0.1, -0.05) is 6.07 Å². The Bertz CT molecular complexity index is 1380. The number of hydrogen-bond acceptors (Lipinski definition) is 7. The maximum atomic E-state index is 14.8. The number of carboxylic acids is 1. The van der Waals surface area contributed by atoms with Crippen molar-refractivity contribution in [3.05, 3.63) is 58.4 Å². The standard InChI is InChI=1S/C25H31FN2O5S.C2HF3O2/c1-16-11-19(32-2)9-8-18(16)14-28-10-4-5-20(15-28)33-24-13-23(26)22(12-21(24)17-6-7-17)25(29)27-34(3,30)31;3-2(4,5)1(6)7/h8-9,11-13,17,20H,4-7,10,14-15H2,1-3H3,(H,27,29);(H,6,7). The number of carbonyl (C=O) groups is 2. The highest BCUT2D eigenvalue weighted by molar-refractivity contribution is 7.89. The minimum absolute atomic E-state index is 0.0973. The molecule has 1 aliphatic carbocycles. The van der Waals surface area contributed by atoms with E-state index in [9.17, 15) is 30.8 Å². The van der Waals surface area contributed by atoms with Crippen LogP contribution in [0.3, 0.4) is 0 Å². The van der Waals surface area contributed by atoms with Crippen LogP contribution in [0.25, 0.3) is 0 Å². The Kier molecular flexibility index (Phi) is 10.2. The molecule has 1 saturated heterocycles. The Morgan fingerprint density at radius 1 is 1.15 bits per heavy atom. The maximum Gasteiger partial charge on any atom is 0.490 e. The van der Waals surface area contributed by atoms with E-state index < -0.39 is 33.9 Å². The highest BCUT2D eigenvalue weighted by Crippen LogP contribution is 2.45. The largest absolute Gasteiger partial charge is 0.497 e. The molecule has 1 atom stereocenters. The van der Waals surface area contributed by atoms with Crippen LogP contribution in [0.4, 0.5) is 17.6 Å². The predicted octanol–water partition coefficient (Wildman–Crippen LogP) is 4.39. The van der Waals surface area contributed by atoms with Crippen LogP contribution in [0, 0.1) is 12.7 Å². The fourth-order valence-corrected chi connectivity index (χ4v) is 4.88. The fraction of sp³-hybridized carbons (Fsp3) is 0.481.